The molecule has 2 aliphatic rings. The van der Waals surface area contributed by atoms with E-state index in [-0.39, 0.29) is 11.0 Å². The van der Waals surface area contributed by atoms with Crippen LogP contribution in [-0.2, 0) is 22.9 Å². The Morgan fingerprint density at radius 1 is 1.21 bits per heavy atom. The molecule has 1 aromatic carbocycles. The van der Waals surface area contributed by atoms with Crippen molar-refractivity contribution < 1.29 is 4.21 Å². The van der Waals surface area contributed by atoms with Crippen LogP contribution < -0.4 is 5.56 Å². The maximum atomic E-state index is 13.3. The van der Waals surface area contributed by atoms with E-state index in [1.807, 2.05) is 51.3 Å². The Hall–Kier alpha value is -1.82. The summed E-state index contributed by atoms with van der Waals surface area (Å²) in [5, 5.41) is 0.643. The Kier molecular flexibility index (Phi) is 4.60. The molecule has 1 atom stereocenters. The van der Waals surface area contributed by atoms with Gasteiger partial charge in [-0.3, -0.25) is 9.36 Å². The predicted molar refractivity (Wildman–Crippen MR) is 116 cm³/mol. The minimum Gasteiger partial charge on any atom is -0.296 e. The van der Waals surface area contributed by atoms with Gasteiger partial charge in [0.1, 0.15) is 16.8 Å². The van der Waals surface area contributed by atoms with Crippen LogP contribution >= 0.6 is 0 Å². The van der Waals surface area contributed by atoms with Crippen LogP contribution in [-0.4, -0.2) is 24.2 Å². The summed E-state index contributed by atoms with van der Waals surface area (Å²) in [6.07, 6.45) is 5.67. The molecule has 1 spiro atoms. The van der Waals surface area contributed by atoms with E-state index < -0.39 is 15.7 Å². The molecule has 0 bridgehead atoms. The molecule has 2 heterocycles. The Balaban J connectivity index is 1.96. The maximum absolute atomic E-state index is 13.3. The van der Waals surface area contributed by atoms with Crippen molar-refractivity contribution in [2.75, 3.05) is 0 Å². The van der Waals surface area contributed by atoms with E-state index in [1.54, 1.807) is 0 Å². The van der Waals surface area contributed by atoms with Gasteiger partial charge in [-0.25, -0.2) is 9.19 Å². The van der Waals surface area contributed by atoms with E-state index >= 15 is 0 Å². The van der Waals surface area contributed by atoms with Crippen molar-refractivity contribution in [3.8, 4) is 0 Å². The molecule has 28 heavy (non-hydrogen) atoms. The fourth-order valence-corrected chi connectivity index (χ4v) is 5.25. The SMILES string of the molecule is CC(=N[S@](=O)C(C)(C)C)c1cc(C)cc2c(=O)n3c(nc12)C1(CCCC1)CC3. The highest BCUT2D eigenvalue weighted by molar-refractivity contribution is 7.85. The molecule has 4 rings (SSSR count). The van der Waals surface area contributed by atoms with Crippen LogP contribution in [0.1, 0.15) is 76.8 Å². The standard InChI is InChI=1S/C22H29N3O2S/c1-14-12-16(15(2)24-28(27)21(3,4)5)18-17(13-14)19(26)25-11-10-22(20(25)23-18)8-6-7-9-22/h12-13H,6-11H2,1-5H3/t28-/m1/s1. The van der Waals surface area contributed by atoms with Crippen LogP contribution in [0.5, 0.6) is 0 Å². The van der Waals surface area contributed by atoms with E-state index in [4.69, 9.17) is 4.98 Å². The van der Waals surface area contributed by atoms with Crippen molar-refractivity contribution in [2.45, 2.75) is 83.4 Å². The van der Waals surface area contributed by atoms with Gasteiger partial charge in [0, 0.05) is 17.5 Å². The summed E-state index contributed by atoms with van der Waals surface area (Å²) in [5.41, 5.74) is 3.33. The predicted octanol–water partition coefficient (Wildman–Crippen LogP) is 4.19. The molecular formula is C22H29N3O2S. The van der Waals surface area contributed by atoms with Gasteiger partial charge in [-0.05, 0) is 71.6 Å². The van der Waals surface area contributed by atoms with E-state index in [2.05, 4.69) is 4.40 Å². The number of rotatable bonds is 2. The Labute approximate surface area is 168 Å². The number of fused-ring (bicyclic) bond motifs is 3. The van der Waals surface area contributed by atoms with Crippen LogP contribution in [0.25, 0.3) is 10.9 Å². The third-order valence-corrected chi connectivity index (χ3v) is 7.67. The van der Waals surface area contributed by atoms with Gasteiger partial charge in [-0.2, -0.15) is 4.40 Å². The molecule has 0 N–H and O–H groups in total. The van der Waals surface area contributed by atoms with Crippen molar-refractivity contribution in [1.29, 1.82) is 0 Å². The highest BCUT2D eigenvalue weighted by atomic mass is 32.2. The van der Waals surface area contributed by atoms with E-state index in [1.165, 1.54) is 12.8 Å². The van der Waals surface area contributed by atoms with Gasteiger partial charge in [0.25, 0.3) is 5.56 Å². The molecule has 6 heteroatoms. The average molecular weight is 400 g/mol. The topological polar surface area (TPSA) is 64.3 Å². The largest absolute Gasteiger partial charge is 0.296 e. The quantitative estimate of drug-likeness (QED) is 0.711. The van der Waals surface area contributed by atoms with Crippen LogP contribution in [0.2, 0.25) is 0 Å². The highest BCUT2D eigenvalue weighted by Gasteiger charge is 2.43. The second-order valence-electron chi connectivity index (χ2n) is 9.38. The Morgan fingerprint density at radius 2 is 1.89 bits per heavy atom. The number of hydrogen-bond acceptors (Lipinski definition) is 3. The normalized spacial score (nSPS) is 20.1. The Morgan fingerprint density at radius 3 is 2.54 bits per heavy atom. The number of aromatic nitrogens is 2. The minimum absolute atomic E-state index is 0.0541. The summed E-state index contributed by atoms with van der Waals surface area (Å²) in [6, 6.07) is 3.94. The van der Waals surface area contributed by atoms with E-state index in [0.717, 1.165) is 42.8 Å². The lowest BCUT2D eigenvalue weighted by molar-refractivity contribution is 0.429. The molecule has 5 nitrogen and oxygen atoms in total. The zero-order valence-corrected chi connectivity index (χ0v) is 18.3. The summed E-state index contributed by atoms with van der Waals surface area (Å²) in [6.45, 7) is 10.4. The first-order chi connectivity index (χ1) is 13.1. The Bertz CT molecular complexity index is 1070. The monoisotopic (exact) mass is 399 g/mol. The molecular weight excluding hydrogens is 370 g/mol. The van der Waals surface area contributed by atoms with Crippen molar-refractivity contribution in [3.05, 3.63) is 39.4 Å². The van der Waals surface area contributed by atoms with E-state index in [0.29, 0.717) is 16.6 Å². The summed E-state index contributed by atoms with van der Waals surface area (Å²) in [7, 11) is -1.35. The average Bonchev–Trinajstić information content (AvgIpc) is 3.23. The third-order valence-electron chi connectivity index (χ3n) is 6.19. The molecule has 0 amide bonds. The first kappa shape index (κ1) is 19.5. The molecule has 0 unspecified atom stereocenters. The number of nitrogens with zero attached hydrogens (tertiary/aromatic N) is 3. The van der Waals surface area contributed by atoms with E-state index in [9.17, 15) is 9.00 Å². The summed E-state index contributed by atoms with van der Waals surface area (Å²) < 4.78 is 18.5. The number of hydrogen-bond donors (Lipinski definition) is 0. The van der Waals surface area contributed by atoms with Crippen LogP contribution in [0, 0.1) is 6.92 Å². The summed E-state index contributed by atoms with van der Waals surface area (Å²) in [4.78, 5) is 18.4. The van der Waals surface area contributed by atoms with Crippen LogP contribution in [0.4, 0.5) is 0 Å². The number of aryl methyl sites for hydroxylation is 1. The zero-order chi connectivity index (χ0) is 20.3. The first-order valence-electron chi connectivity index (χ1n) is 10.2. The van der Waals surface area contributed by atoms with Crippen LogP contribution in [0.15, 0.2) is 21.3 Å². The fraction of sp³-hybridized carbons (Fsp3) is 0.591. The molecule has 0 saturated heterocycles. The molecule has 1 aliphatic carbocycles. The molecule has 1 fully saturated rings. The van der Waals surface area contributed by atoms with Crippen molar-refractivity contribution in [1.82, 2.24) is 9.55 Å². The summed E-state index contributed by atoms with van der Waals surface area (Å²) in [5.74, 6) is 0.956. The van der Waals surface area contributed by atoms with Crippen molar-refractivity contribution in [3.63, 3.8) is 0 Å². The highest BCUT2D eigenvalue weighted by Crippen LogP contribution is 2.46. The lowest BCUT2D eigenvalue weighted by atomic mass is 9.84. The van der Waals surface area contributed by atoms with Gasteiger partial charge in [-0.1, -0.05) is 12.8 Å². The van der Waals surface area contributed by atoms with Crippen LogP contribution in [0.3, 0.4) is 0 Å². The van der Waals surface area contributed by atoms with Crippen molar-refractivity contribution in [2.24, 2.45) is 4.40 Å². The fourth-order valence-electron chi connectivity index (χ4n) is 4.63. The molecule has 1 saturated carbocycles. The molecule has 1 aliphatic heterocycles. The van der Waals surface area contributed by atoms with Gasteiger partial charge >= 0.3 is 0 Å². The second-order valence-corrected chi connectivity index (χ2v) is 11.3. The maximum Gasteiger partial charge on any atom is 0.261 e. The first-order valence-corrected chi connectivity index (χ1v) is 11.3. The lowest BCUT2D eigenvalue weighted by Crippen LogP contribution is -2.27. The molecule has 2 aromatic rings. The molecule has 0 radical (unpaired) electrons. The van der Waals surface area contributed by atoms with Crippen molar-refractivity contribution >= 4 is 27.6 Å². The smallest absolute Gasteiger partial charge is 0.261 e. The third kappa shape index (κ3) is 3.06. The minimum atomic E-state index is -1.35. The van der Waals surface area contributed by atoms with Gasteiger partial charge in [0.2, 0.25) is 0 Å². The zero-order valence-electron chi connectivity index (χ0n) is 17.5. The lowest BCUT2D eigenvalue weighted by Gasteiger charge is -2.22. The molecule has 150 valence electrons. The number of benzene rings is 1. The van der Waals surface area contributed by atoms with Gasteiger partial charge in [-0.15, -0.1) is 0 Å². The second kappa shape index (κ2) is 6.61. The van der Waals surface area contributed by atoms with Gasteiger partial charge < -0.3 is 0 Å². The summed E-state index contributed by atoms with van der Waals surface area (Å²) >= 11 is 0. The molecule has 1 aromatic heterocycles. The van der Waals surface area contributed by atoms with Gasteiger partial charge in [0.05, 0.1) is 21.4 Å². The van der Waals surface area contributed by atoms with Gasteiger partial charge in [0.15, 0.2) is 0 Å².